The van der Waals surface area contributed by atoms with Crippen LogP contribution in [0.1, 0.15) is 22.3 Å². The third kappa shape index (κ3) is 11.4. The molecule has 0 aliphatic heterocycles. The van der Waals surface area contributed by atoms with Crippen molar-refractivity contribution >= 4 is 219 Å². The number of aromatic nitrogens is 13. The first-order chi connectivity index (χ1) is 71.5. The molecule has 15 nitrogen and oxygen atoms in total. The summed E-state index contributed by atoms with van der Waals surface area (Å²) in [5.74, 6) is 0.620. The SMILES string of the molecule is c1ccc(-c2cc(-c3ccccc3)nc(-n3c4ccccc4c4cnc5c6c(ccc5c43)-c3ccccc3C6(c3ccccc3)c3ccccc3)n2)cc1.c1ccc2c(c1)nc1c3ccc(-n4c5ccccc5c5cnc6c(ccc7c8ccccc8oc76)c54)cc3c3ccccc3n21.c1ccc2c(c1)nc1c3ccc(-n4c5ccccc5c5cnc6c(ncc7c8ccccc8oc76)c54)cc3c3ccccc3n21. The minimum Gasteiger partial charge on any atom is -0.454 e. The average Bonchev–Trinajstić information content (AvgIpc) is 1.51. The predicted molar refractivity (Wildman–Crippen MR) is 587 cm³/mol. The van der Waals surface area contributed by atoms with Gasteiger partial charge in [0.1, 0.15) is 39.0 Å². The fourth-order valence-electron chi connectivity index (χ4n) is 23.9. The molecule has 1 aliphatic carbocycles. The van der Waals surface area contributed by atoms with Crippen LogP contribution < -0.4 is 0 Å². The second-order valence-corrected chi connectivity index (χ2v) is 37.4. The Bertz CT molecular complexity index is 10600. The van der Waals surface area contributed by atoms with Crippen LogP contribution >= 0.6 is 0 Å². The molecule has 32 aromatic rings. The van der Waals surface area contributed by atoms with Crippen LogP contribution in [0.5, 0.6) is 0 Å². The van der Waals surface area contributed by atoms with Gasteiger partial charge in [0.05, 0.1) is 88.5 Å². The van der Waals surface area contributed by atoms with Crippen LogP contribution in [-0.4, -0.2) is 62.4 Å². The lowest BCUT2D eigenvalue weighted by atomic mass is 9.67. The van der Waals surface area contributed by atoms with Gasteiger partial charge in [-0.25, -0.2) is 24.9 Å². The predicted octanol–water partition coefficient (Wildman–Crippen LogP) is 31.9. The number of imidazole rings is 2. The maximum Gasteiger partial charge on any atom is 0.235 e. The topological polar surface area (TPSA) is 153 Å². The Balaban J connectivity index is 0.0000000991. The van der Waals surface area contributed by atoms with Crippen LogP contribution in [-0.2, 0) is 5.41 Å². The molecule has 33 rings (SSSR count). The molecule has 18 aromatic carbocycles. The molecule has 0 N–H and O–H groups in total. The lowest BCUT2D eigenvalue weighted by Crippen LogP contribution is -2.29. The number of para-hydroxylation sites is 11. The summed E-state index contributed by atoms with van der Waals surface area (Å²) in [5.41, 5.74) is 34.3. The second-order valence-electron chi connectivity index (χ2n) is 37.4. The van der Waals surface area contributed by atoms with Crippen molar-refractivity contribution in [2.75, 3.05) is 0 Å². The Morgan fingerprint density at radius 1 is 0.222 bits per heavy atom. The standard InChI is InChI=1S/C50H32N4.C40H22N4O.C39H21N5O/c1-5-17-33(18-6-1)43-31-44(34-19-7-2-8-20-34)53-49(52-43)54-45-28-16-14-26-38(45)41-32-51-47-40(48(41)54)30-29-39-37-25-13-15-27-42(37)50(46(39)47,35-21-9-3-10-22-35)36-23-11-4-12-24-36;1-6-14-34-24(9-1)30-21-23(17-18-28(30)40-42-32-12-4-7-15-35(32)44(34)40)43-33-13-5-2-10-25(33)31-22-41-37-29(38(31)43)20-19-27-26-11-3-8-16-36(26)45-39(27)37;1-6-14-32-23(9-1)27-19-22(17-18-26(27)39-42-30-12-4-7-15-33(30)44(32)39)43-31-13-5-2-10-24(31)28-20-41-36-35(37(28)43)40-21-29-25-11-3-8-16-34(25)45-38(29)36/h1-32H;1-22H;1-21H. The van der Waals surface area contributed by atoms with Gasteiger partial charge in [-0.2, -0.15) is 0 Å². The van der Waals surface area contributed by atoms with Crippen molar-refractivity contribution in [2.45, 2.75) is 5.41 Å². The smallest absolute Gasteiger partial charge is 0.235 e. The summed E-state index contributed by atoms with van der Waals surface area (Å²) in [6, 6.07) is 152. The minimum absolute atomic E-state index is 0.588. The molecule has 0 bridgehead atoms. The number of benzene rings is 18. The quantitative estimate of drug-likeness (QED) is 0.141. The fourth-order valence-corrected chi connectivity index (χ4v) is 23.9. The number of pyridine rings is 6. The molecule has 668 valence electrons. The van der Waals surface area contributed by atoms with E-state index in [0.29, 0.717) is 5.95 Å². The van der Waals surface area contributed by atoms with Crippen molar-refractivity contribution in [2.24, 2.45) is 0 Å². The molecule has 0 spiro atoms. The molecule has 14 aromatic heterocycles. The van der Waals surface area contributed by atoms with Gasteiger partial charge < -0.3 is 18.0 Å². The second kappa shape index (κ2) is 30.7. The molecule has 0 saturated heterocycles. The molecule has 0 amide bonds. The Morgan fingerprint density at radius 2 is 0.597 bits per heavy atom. The van der Waals surface area contributed by atoms with Gasteiger partial charge in [-0.1, -0.05) is 309 Å². The summed E-state index contributed by atoms with van der Waals surface area (Å²) in [5, 5.41) is 19.9. The van der Waals surface area contributed by atoms with Crippen molar-refractivity contribution in [1.82, 2.24) is 62.4 Å². The van der Waals surface area contributed by atoms with Gasteiger partial charge in [-0.05, 0) is 160 Å². The lowest BCUT2D eigenvalue weighted by Gasteiger charge is -2.34. The zero-order valence-corrected chi connectivity index (χ0v) is 76.9. The Labute approximate surface area is 818 Å². The Hall–Kier alpha value is -19.6. The highest BCUT2D eigenvalue weighted by molar-refractivity contribution is 6.27. The molecule has 0 fully saturated rings. The number of hydrogen-bond donors (Lipinski definition) is 0. The molecule has 0 atom stereocenters. The number of rotatable bonds is 7. The Morgan fingerprint density at radius 3 is 1.15 bits per heavy atom. The van der Waals surface area contributed by atoms with Gasteiger partial charge in [0, 0.05) is 139 Å². The van der Waals surface area contributed by atoms with E-state index in [0.717, 1.165) is 231 Å². The van der Waals surface area contributed by atoms with E-state index >= 15 is 0 Å². The van der Waals surface area contributed by atoms with Crippen molar-refractivity contribution < 1.29 is 8.83 Å². The zero-order chi connectivity index (χ0) is 94.1. The fraction of sp³-hybridized carbons (Fsp3) is 0.00775. The molecule has 14 heterocycles. The number of fused-ring (bicyclic) bond motifs is 43. The van der Waals surface area contributed by atoms with Gasteiger partial charge in [0.15, 0.2) is 11.2 Å². The largest absolute Gasteiger partial charge is 0.454 e. The maximum atomic E-state index is 6.42. The van der Waals surface area contributed by atoms with Crippen LogP contribution in [0.4, 0.5) is 0 Å². The highest BCUT2D eigenvalue weighted by atomic mass is 16.3. The van der Waals surface area contributed by atoms with Gasteiger partial charge in [-0.15, -0.1) is 0 Å². The van der Waals surface area contributed by atoms with Crippen LogP contribution in [0.2, 0.25) is 0 Å². The van der Waals surface area contributed by atoms with Crippen molar-refractivity contribution in [3.63, 3.8) is 0 Å². The van der Waals surface area contributed by atoms with E-state index in [9.17, 15) is 0 Å². The zero-order valence-electron chi connectivity index (χ0n) is 76.9. The molecule has 0 radical (unpaired) electrons. The molecular formula is C129H75N13O2. The normalized spacial score (nSPS) is 12.6. The summed E-state index contributed by atoms with van der Waals surface area (Å²) in [4.78, 5) is 41.4. The first kappa shape index (κ1) is 79.4. The minimum atomic E-state index is -0.588. The lowest BCUT2D eigenvalue weighted by molar-refractivity contribution is 0.671. The highest BCUT2D eigenvalue weighted by Gasteiger charge is 2.48. The van der Waals surface area contributed by atoms with Gasteiger partial charge in [0.2, 0.25) is 5.95 Å². The van der Waals surface area contributed by atoms with Crippen LogP contribution in [0, 0.1) is 0 Å². The molecule has 15 heteroatoms. The summed E-state index contributed by atoms with van der Waals surface area (Å²) in [7, 11) is 0. The molecule has 144 heavy (non-hydrogen) atoms. The van der Waals surface area contributed by atoms with Crippen LogP contribution in [0.3, 0.4) is 0 Å². The van der Waals surface area contributed by atoms with E-state index in [2.05, 4.69) is 411 Å². The van der Waals surface area contributed by atoms with E-state index in [1.165, 1.54) is 54.9 Å². The van der Waals surface area contributed by atoms with Crippen LogP contribution in [0.25, 0.3) is 270 Å². The summed E-state index contributed by atoms with van der Waals surface area (Å²) >= 11 is 0. The Kier molecular flexibility index (Phi) is 16.9. The van der Waals surface area contributed by atoms with Crippen molar-refractivity contribution in [1.29, 1.82) is 0 Å². The van der Waals surface area contributed by atoms with Gasteiger partial charge >= 0.3 is 0 Å². The highest BCUT2D eigenvalue weighted by Crippen LogP contribution is 2.59. The maximum absolute atomic E-state index is 6.42. The number of hydrogen-bond acceptors (Lipinski definition) is 10. The van der Waals surface area contributed by atoms with E-state index < -0.39 is 5.41 Å². The number of furan rings is 2. The van der Waals surface area contributed by atoms with E-state index in [1.807, 2.05) is 67.1 Å². The third-order valence-electron chi connectivity index (χ3n) is 30.0. The summed E-state index contributed by atoms with van der Waals surface area (Å²) < 4.78 is 24.4. The summed E-state index contributed by atoms with van der Waals surface area (Å²) in [6.07, 6.45) is 7.99. The number of nitrogens with zero attached hydrogens (tertiary/aromatic N) is 13. The van der Waals surface area contributed by atoms with Gasteiger partial charge in [-0.3, -0.25) is 28.3 Å². The van der Waals surface area contributed by atoms with Gasteiger partial charge in [0.25, 0.3) is 0 Å². The average molecular weight is 1840 g/mol. The van der Waals surface area contributed by atoms with E-state index in [4.69, 9.17) is 48.7 Å². The monoisotopic (exact) mass is 1840 g/mol. The molecular weight excluding hydrogens is 1760 g/mol. The third-order valence-corrected chi connectivity index (χ3v) is 30.0. The van der Waals surface area contributed by atoms with Crippen molar-refractivity contribution in [3.8, 4) is 51.0 Å². The first-order valence-electron chi connectivity index (χ1n) is 48.6. The van der Waals surface area contributed by atoms with E-state index in [-0.39, 0.29) is 0 Å². The van der Waals surface area contributed by atoms with Crippen LogP contribution in [0.15, 0.2) is 464 Å². The van der Waals surface area contributed by atoms with Crippen molar-refractivity contribution in [3.05, 3.63) is 478 Å². The molecule has 0 saturated carbocycles. The van der Waals surface area contributed by atoms with E-state index in [1.54, 1.807) is 0 Å². The first-order valence-corrected chi connectivity index (χ1v) is 48.6. The molecule has 0 unspecified atom stereocenters. The molecule has 1 aliphatic rings. The summed E-state index contributed by atoms with van der Waals surface area (Å²) in [6.45, 7) is 0.